The molecule has 0 spiro atoms. The van der Waals surface area contributed by atoms with Crippen LogP contribution < -0.4 is 27.4 Å². The predicted octanol–water partition coefficient (Wildman–Crippen LogP) is 24.9. The molecule has 3 unspecified atom stereocenters. The molecular weight excluding hydrogens is 1250 g/mol. The molecule has 0 aromatic heterocycles. The Morgan fingerprint density at radius 3 is 0.941 bits per heavy atom. The first-order valence-electron chi connectivity index (χ1n) is 45.5. The summed E-state index contributed by atoms with van der Waals surface area (Å²) < 4.78 is 29.8. The van der Waals surface area contributed by atoms with Crippen LogP contribution in [0.15, 0.2) is 24.3 Å². The van der Waals surface area contributed by atoms with E-state index in [1.807, 2.05) is 0 Å². The highest BCUT2D eigenvalue weighted by Crippen LogP contribution is 2.29. The number of allylic oxidation sites excluding steroid dienone is 4. The number of nitrogens with one attached hydrogen (secondary N) is 3. The normalized spacial score (nSPS) is 13.4. The van der Waals surface area contributed by atoms with Gasteiger partial charge < -0.3 is 50.8 Å². The Bertz CT molecular complexity index is 1650. The fourth-order valence-electron chi connectivity index (χ4n) is 14.3. The van der Waals surface area contributed by atoms with Crippen LogP contribution in [0.3, 0.4) is 0 Å². The summed E-state index contributed by atoms with van der Waals surface area (Å²) in [6.45, 7) is 17.3. The monoisotopic (exact) mass is 1430 g/mol. The fraction of sp³-hybridized carbons (Fsp3) is 0.944. The third kappa shape index (κ3) is 72.6. The van der Waals surface area contributed by atoms with Crippen LogP contribution in [-0.2, 0) is 23.7 Å². The van der Waals surface area contributed by atoms with E-state index < -0.39 is 12.1 Å². The lowest BCUT2D eigenvalue weighted by Crippen LogP contribution is -2.63. The van der Waals surface area contributed by atoms with Crippen molar-refractivity contribution < 1.29 is 28.2 Å². The molecule has 3 atom stereocenters. The van der Waals surface area contributed by atoms with Gasteiger partial charge in [0, 0.05) is 13.2 Å². The zero-order chi connectivity index (χ0) is 73.3. The van der Waals surface area contributed by atoms with Gasteiger partial charge in [-0.15, -0.1) is 0 Å². The summed E-state index contributed by atoms with van der Waals surface area (Å²) in [5, 5.41) is 10.4. The molecule has 11 nitrogen and oxygen atoms in total. The number of carbonyl (C=O) groups is 1. The van der Waals surface area contributed by atoms with Crippen LogP contribution >= 0.6 is 0 Å². The van der Waals surface area contributed by atoms with Crippen molar-refractivity contribution >= 4 is 5.91 Å². The van der Waals surface area contributed by atoms with Crippen molar-refractivity contribution in [2.24, 2.45) is 11.5 Å². The summed E-state index contributed by atoms with van der Waals surface area (Å²) >= 11 is 0. The van der Waals surface area contributed by atoms with Crippen molar-refractivity contribution in [1.82, 2.24) is 16.0 Å². The third-order valence-corrected chi connectivity index (χ3v) is 21.1. The Hall–Kier alpha value is -1.41. The number of likely N-dealkylation sites (N-methyl/N-ethyl adjacent to an activating group) is 1. The van der Waals surface area contributed by atoms with Gasteiger partial charge in [-0.1, -0.05) is 360 Å². The summed E-state index contributed by atoms with van der Waals surface area (Å²) in [7, 11) is 4.57. The van der Waals surface area contributed by atoms with Crippen LogP contribution in [0.5, 0.6) is 0 Å². The first-order valence-corrected chi connectivity index (χ1v) is 45.5. The van der Waals surface area contributed by atoms with Crippen LogP contribution in [0.25, 0.3) is 0 Å². The van der Waals surface area contributed by atoms with Gasteiger partial charge in [-0.25, -0.2) is 0 Å². The molecule has 0 radical (unpaired) electrons. The Labute approximate surface area is 632 Å². The molecule has 0 aromatic rings. The topological polar surface area (TPSA) is 142 Å². The molecule has 11 heteroatoms. The van der Waals surface area contributed by atoms with Crippen molar-refractivity contribution in [3.63, 3.8) is 0 Å². The third-order valence-electron chi connectivity index (χ3n) is 21.1. The van der Waals surface area contributed by atoms with E-state index in [9.17, 15) is 4.79 Å². The van der Waals surface area contributed by atoms with Crippen molar-refractivity contribution in [2.45, 2.75) is 457 Å². The minimum absolute atomic E-state index is 0.0604. The van der Waals surface area contributed by atoms with E-state index in [1.165, 1.54) is 334 Å². The Kier molecular flexibility index (Phi) is 81.5. The van der Waals surface area contributed by atoms with E-state index in [0.717, 1.165) is 96.7 Å². The minimum Gasteiger partial charge on any atom is -0.349 e. The van der Waals surface area contributed by atoms with Crippen LogP contribution in [0.1, 0.15) is 439 Å². The maximum atomic E-state index is 14.1. The first kappa shape index (κ1) is 99.6. The number of hydrogen-bond acceptors (Lipinski definition) is 9. The molecule has 0 bridgehead atoms. The van der Waals surface area contributed by atoms with Crippen LogP contribution in [0.2, 0.25) is 0 Å². The Balaban J connectivity index is 6.55. The van der Waals surface area contributed by atoms with E-state index in [-0.39, 0.29) is 11.9 Å². The van der Waals surface area contributed by atoms with Gasteiger partial charge in [0.15, 0.2) is 0 Å². The highest BCUT2D eigenvalue weighted by Gasteiger charge is 2.49. The van der Waals surface area contributed by atoms with Crippen molar-refractivity contribution in [2.75, 3.05) is 92.9 Å². The lowest BCUT2D eigenvalue weighted by atomic mass is 10.0. The molecule has 0 aliphatic rings. The highest BCUT2D eigenvalue weighted by atomic mass is 16.8. The van der Waals surface area contributed by atoms with Gasteiger partial charge >= 0.3 is 0 Å². The smallest absolute Gasteiger partial charge is 0.271 e. The maximum Gasteiger partial charge on any atom is 0.271 e. The van der Waals surface area contributed by atoms with Crippen molar-refractivity contribution in [3.8, 4) is 0 Å². The summed E-state index contributed by atoms with van der Waals surface area (Å²) in [4.78, 5) is 14.1. The zero-order valence-electron chi connectivity index (χ0n) is 69.3. The van der Waals surface area contributed by atoms with Crippen molar-refractivity contribution in [3.05, 3.63) is 24.3 Å². The zero-order valence-corrected chi connectivity index (χ0v) is 69.3. The predicted molar refractivity (Wildman–Crippen MR) is 444 cm³/mol. The van der Waals surface area contributed by atoms with E-state index in [2.05, 4.69) is 82.0 Å². The Morgan fingerprint density at radius 1 is 0.347 bits per heavy atom. The van der Waals surface area contributed by atoms with Crippen LogP contribution in [0.4, 0.5) is 0 Å². The average Bonchev–Trinajstić information content (AvgIpc) is 0.804. The first-order chi connectivity index (χ1) is 49.8. The standard InChI is InChI=1S/C90H182N6O5/c1-7-11-15-19-23-27-31-35-39-43-47-51-55-59-63-67-82-98-89(99-83-68-64-60-56-52-48-44-40-36-32-28-24-20-16-12-8-2)90(100-84-69-65-61-57-53-49-45-41-37-33-29-25-21-17-13-9-3,101-85-70-66-62-58-54-50-46-42-38-34-30-26-22-18-14-10-4)86-96(5,6)81-80-95-88(97)87(94-79-73-76-92)74-71-77-93-78-72-75-91/h35,37,39,41,87,89,93-94H,7-34,36,38,40,42-86,91-92H2,1-6H3/p+1. The summed E-state index contributed by atoms with van der Waals surface area (Å²) in [6, 6.07) is -0.270. The number of rotatable bonds is 88. The second-order valence-corrected chi connectivity index (χ2v) is 31.9. The summed E-state index contributed by atoms with van der Waals surface area (Å²) in [5.41, 5.74) is 11.7. The number of amides is 1. The molecule has 0 fully saturated rings. The average molecular weight is 1430 g/mol. The van der Waals surface area contributed by atoms with Gasteiger partial charge in [-0.2, -0.15) is 0 Å². The highest BCUT2D eigenvalue weighted by molar-refractivity contribution is 5.81. The van der Waals surface area contributed by atoms with Crippen molar-refractivity contribution in [1.29, 1.82) is 0 Å². The second-order valence-electron chi connectivity index (χ2n) is 31.9. The molecule has 0 saturated heterocycles. The van der Waals surface area contributed by atoms with Crippen LogP contribution in [-0.4, -0.2) is 121 Å². The molecule has 1 amide bonds. The fourth-order valence-corrected chi connectivity index (χ4v) is 14.3. The number of quaternary nitrogens is 1. The number of carbonyl (C=O) groups excluding carboxylic acids is 1. The molecule has 0 aromatic carbocycles. The quantitative estimate of drug-likeness (QED) is 0.0174. The van der Waals surface area contributed by atoms with Gasteiger partial charge in [0.25, 0.3) is 5.79 Å². The van der Waals surface area contributed by atoms with E-state index in [1.54, 1.807) is 0 Å². The largest absolute Gasteiger partial charge is 0.349 e. The van der Waals surface area contributed by atoms with Gasteiger partial charge in [0.1, 0.15) is 6.54 Å². The van der Waals surface area contributed by atoms with E-state index in [4.69, 9.17) is 30.4 Å². The molecular formula is C90H183N6O5+. The molecule has 0 aliphatic heterocycles. The lowest BCUT2D eigenvalue weighted by molar-refractivity contribution is -0.900. The number of nitrogens with zero attached hydrogens (tertiary/aromatic N) is 1. The molecule has 7 N–H and O–H groups in total. The van der Waals surface area contributed by atoms with Gasteiger partial charge in [0.05, 0.1) is 46.4 Å². The van der Waals surface area contributed by atoms with Gasteiger partial charge in [-0.3, -0.25) is 4.79 Å². The molecule has 0 saturated carbocycles. The molecule has 0 aliphatic carbocycles. The number of ether oxygens (including phenoxy) is 4. The molecule has 0 heterocycles. The number of unbranched alkanes of at least 4 members (excludes halogenated alkanes) is 54. The second kappa shape index (κ2) is 82.6. The van der Waals surface area contributed by atoms with E-state index in [0.29, 0.717) is 63.6 Å². The lowest BCUT2D eigenvalue weighted by Gasteiger charge is -2.44. The number of hydrogen-bond donors (Lipinski definition) is 5. The summed E-state index contributed by atoms with van der Waals surface area (Å²) in [5.74, 6) is -1.06. The molecule has 0 rings (SSSR count). The van der Waals surface area contributed by atoms with E-state index >= 15 is 0 Å². The summed E-state index contributed by atoms with van der Waals surface area (Å²) in [6.07, 6.45) is 91.1. The maximum absolute atomic E-state index is 14.1. The molecule has 602 valence electrons. The van der Waals surface area contributed by atoms with Gasteiger partial charge in [-0.05, 0) is 135 Å². The Morgan fingerprint density at radius 2 is 0.624 bits per heavy atom. The van der Waals surface area contributed by atoms with Gasteiger partial charge in [0.2, 0.25) is 12.2 Å². The number of nitrogens with two attached hydrogens (primary N) is 2. The van der Waals surface area contributed by atoms with Crippen LogP contribution in [0, 0.1) is 0 Å². The minimum atomic E-state index is -1.12. The SMILES string of the molecule is CCCCCCCCC=CCCCCCCCCOC(OCCCCCCCCCCCCCCCCCC)C(C[N+](C)(C)CCNC(=O)C(CCCNCCCN)NCCCN)(OCCCCCCCCC=CCCCCCCCC)OCCCCCCCCCCCCCCCCCC. The molecule has 101 heavy (non-hydrogen) atoms.